The summed E-state index contributed by atoms with van der Waals surface area (Å²) < 4.78 is 2.04. The minimum atomic E-state index is -0.336. The van der Waals surface area contributed by atoms with E-state index in [0.29, 0.717) is 0 Å². The van der Waals surface area contributed by atoms with E-state index in [1.807, 2.05) is 36.9 Å². The van der Waals surface area contributed by atoms with Crippen molar-refractivity contribution in [2.24, 2.45) is 12.8 Å². The van der Waals surface area contributed by atoms with Gasteiger partial charge < -0.3 is 5.73 Å². The van der Waals surface area contributed by atoms with E-state index in [1.54, 1.807) is 0 Å². The van der Waals surface area contributed by atoms with Gasteiger partial charge in [0.05, 0.1) is 5.54 Å². The Morgan fingerprint density at radius 3 is 2.57 bits per heavy atom. The van der Waals surface area contributed by atoms with E-state index in [9.17, 15) is 0 Å². The average Bonchev–Trinajstić information content (AvgIpc) is 2.26. The highest BCUT2D eigenvalue weighted by Gasteiger charge is 2.13. The standard InChI is InChI=1S/C12H15N2/c1-12(13)6-3-10-5-8-14(2)9-11(10)4-7-12/h3-9H,13H2,1-2H3/q+1. The van der Waals surface area contributed by atoms with E-state index in [1.165, 1.54) is 11.1 Å². The van der Waals surface area contributed by atoms with Crippen LogP contribution in [0.15, 0.2) is 30.6 Å². The lowest BCUT2D eigenvalue weighted by atomic mass is 10.0. The number of pyridine rings is 1. The first kappa shape index (κ1) is 9.16. The summed E-state index contributed by atoms with van der Waals surface area (Å²) in [5.41, 5.74) is 8.10. The molecule has 1 aromatic heterocycles. The summed E-state index contributed by atoms with van der Waals surface area (Å²) in [6.07, 6.45) is 12.3. The van der Waals surface area contributed by atoms with Crippen LogP contribution in [0.5, 0.6) is 0 Å². The molecule has 2 rings (SSSR count). The molecule has 0 aliphatic heterocycles. The number of hydrogen-bond donors (Lipinski definition) is 1. The minimum Gasteiger partial charge on any atom is -0.319 e. The Kier molecular flexibility index (Phi) is 2.01. The summed E-state index contributed by atoms with van der Waals surface area (Å²) in [6.45, 7) is 1.99. The van der Waals surface area contributed by atoms with Crippen LogP contribution in [-0.2, 0) is 7.05 Å². The van der Waals surface area contributed by atoms with E-state index >= 15 is 0 Å². The number of aryl methyl sites for hydroxylation is 1. The molecule has 0 spiro atoms. The molecule has 0 saturated carbocycles. The first-order valence-corrected chi connectivity index (χ1v) is 4.73. The number of nitrogens with two attached hydrogens (primary N) is 1. The van der Waals surface area contributed by atoms with Crippen molar-refractivity contribution in [3.05, 3.63) is 41.7 Å². The van der Waals surface area contributed by atoms with Gasteiger partial charge in [-0.25, -0.2) is 4.57 Å². The lowest BCUT2D eigenvalue weighted by Crippen LogP contribution is -2.30. The van der Waals surface area contributed by atoms with Crippen LogP contribution in [0.1, 0.15) is 18.1 Å². The van der Waals surface area contributed by atoms with Crippen LogP contribution in [0.4, 0.5) is 0 Å². The molecular formula is C12H15N2+. The van der Waals surface area contributed by atoms with Crippen LogP contribution in [0.25, 0.3) is 12.2 Å². The van der Waals surface area contributed by atoms with Crippen LogP contribution >= 0.6 is 0 Å². The molecule has 1 heterocycles. The number of fused-ring (bicyclic) bond motifs is 1. The summed E-state index contributed by atoms with van der Waals surface area (Å²) in [6, 6.07) is 2.09. The van der Waals surface area contributed by atoms with Crippen molar-refractivity contribution in [2.75, 3.05) is 0 Å². The van der Waals surface area contributed by atoms with Gasteiger partial charge in [-0.05, 0) is 12.5 Å². The molecular weight excluding hydrogens is 172 g/mol. The zero-order chi connectivity index (χ0) is 10.2. The minimum absolute atomic E-state index is 0.336. The molecule has 1 aliphatic rings. The largest absolute Gasteiger partial charge is 0.319 e. The Labute approximate surface area is 84.4 Å². The van der Waals surface area contributed by atoms with E-state index in [4.69, 9.17) is 5.73 Å². The predicted molar refractivity (Wildman–Crippen MR) is 58.3 cm³/mol. The number of aromatic nitrogens is 1. The lowest BCUT2D eigenvalue weighted by molar-refractivity contribution is -0.671. The SMILES string of the molecule is C[n+]1ccc2c(c1)C=CC(C)(N)C=C2. The van der Waals surface area contributed by atoms with Gasteiger partial charge in [0.15, 0.2) is 12.4 Å². The maximum Gasteiger partial charge on any atom is 0.176 e. The fraction of sp³-hybridized carbons (Fsp3) is 0.250. The Bertz CT molecular complexity index is 414. The Hall–Kier alpha value is -1.41. The quantitative estimate of drug-likeness (QED) is 0.609. The lowest BCUT2D eigenvalue weighted by Gasteiger charge is -2.12. The third-order valence-corrected chi connectivity index (χ3v) is 2.41. The molecule has 2 heteroatoms. The summed E-state index contributed by atoms with van der Waals surface area (Å²) in [5, 5.41) is 0. The van der Waals surface area contributed by atoms with Gasteiger partial charge in [0.1, 0.15) is 7.05 Å². The maximum atomic E-state index is 6.01. The maximum absolute atomic E-state index is 6.01. The van der Waals surface area contributed by atoms with E-state index in [-0.39, 0.29) is 5.54 Å². The van der Waals surface area contributed by atoms with Crippen molar-refractivity contribution in [1.29, 1.82) is 0 Å². The fourth-order valence-corrected chi connectivity index (χ4v) is 1.52. The molecule has 1 unspecified atom stereocenters. The zero-order valence-electron chi connectivity index (χ0n) is 8.57. The zero-order valence-corrected chi connectivity index (χ0v) is 8.57. The average molecular weight is 187 g/mol. The smallest absolute Gasteiger partial charge is 0.176 e. The molecule has 0 bridgehead atoms. The molecule has 2 N–H and O–H groups in total. The van der Waals surface area contributed by atoms with Crippen LogP contribution in [-0.4, -0.2) is 5.54 Å². The highest BCUT2D eigenvalue weighted by molar-refractivity contribution is 5.68. The second kappa shape index (κ2) is 3.07. The number of rotatable bonds is 0. The monoisotopic (exact) mass is 187 g/mol. The molecule has 0 aromatic carbocycles. The Morgan fingerprint density at radius 1 is 1.21 bits per heavy atom. The van der Waals surface area contributed by atoms with Gasteiger partial charge in [0.25, 0.3) is 0 Å². The van der Waals surface area contributed by atoms with Crippen molar-refractivity contribution in [1.82, 2.24) is 0 Å². The molecule has 1 aromatic rings. The van der Waals surface area contributed by atoms with Gasteiger partial charge in [-0.15, -0.1) is 0 Å². The number of hydrogen-bond acceptors (Lipinski definition) is 1. The van der Waals surface area contributed by atoms with Crippen LogP contribution in [0, 0.1) is 0 Å². The van der Waals surface area contributed by atoms with Gasteiger partial charge in [-0.1, -0.05) is 24.3 Å². The van der Waals surface area contributed by atoms with E-state index in [2.05, 4.69) is 24.4 Å². The topological polar surface area (TPSA) is 29.9 Å². The fourth-order valence-electron chi connectivity index (χ4n) is 1.52. The molecule has 14 heavy (non-hydrogen) atoms. The van der Waals surface area contributed by atoms with Crippen molar-refractivity contribution in [2.45, 2.75) is 12.5 Å². The van der Waals surface area contributed by atoms with Crippen molar-refractivity contribution in [3.63, 3.8) is 0 Å². The molecule has 1 atom stereocenters. The molecule has 72 valence electrons. The van der Waals surface area contributed by atoms with Crippen molar-refractivity contribution in [3.8, 4) is 0 Å². The molecule has 2 nitrogen and oxygen atoms in total. The molecule has 0 fully saturated rings. The first-order chi connectivity index (χ1) is 6.57. The second-order valence-corrected chi connectivity index (χ2v) is 4.05. The Morgan fingerprint density at radius 2 is 1.86 bits per heavy atom. The Balaban J connectivity index is 2.54. The first-order valence-electron chi connectivity index (χ1n) is 4.73. The summed E-state index contributed by atoms with van der Waals surface area (Å²) >= 11 is 0. The highest BCUT2D eigenvalue weighted by atomic mass is 14.9. The van der Waals surface area contributed by atoms with Gasteiger partial charge in [-0.2, -0.15) is 0 Å². The third-order valence-electron chi connectivity index (χ3n) is 2.41. The van der Waals surface area contributed by atoms with Gasteiger partial charge in [0, 0.05) is 11.6 Å². The normalized spacial score (nSPS) is 24.5. The van der Waals surface area contributed by atoms with E-state index < -0.39 is 0 Å². The second-order valence-electron chi connectivity index (χ2n) is 4.05. The summed E-state index contributed by atoms with van der Waals surface area (Å²) in [4.78, 5) is 0. The van der Waals surface area contributed by atoms with E-state index in [0.717, 1.165) is 0 Å². The third kappa shape index (κ3) is 1.75. The van der Waals surface area contributed by atoms with Crippen LogP contribution in [0.3, 0.4) is 0 Å². The molecule has 0 radical (unpaired) electrons. The highest BCUT2D eigenvalue weighted by Crippen LogP contribution is 2.18. The van der Waals surface area contributed by atoms with Gasteiger partial charge >= 0.3 is 0 Å². The molecule has 0 amide bonds. The van der Waals surface area contributed by atoms with Crippen LogP contribution < -0.4 is 10.3 Å². The van der Waals surface area contributed by atoms with Gasteiger partial charge in [-0.3, -0.25) is 0 Å². The molecule has 0 saturated heterocycles. The predicted octanol–water partition coefficient (Wildman–Crippen LogP) is 1.27. The summed E-state index contributed by atoms with van der Waals surface area (Å²) in [7, 11) is 2.02. The van der Waals surface area contributed by atoms with Gasteiger partial charge in [0.2, 0.25) is 0 Å². The molecule has 1 aliphatic carbocycles. The van der Waals surface area contributed by atoms with Crippen molar-refractivity contribution < 1.29 is 4.57 Å². The number of nitrogens with zero attached hydrogens (tertiary/aromatic N) is 1. The van der Waals surface area contributed by atoms with Crippen molar-refractivity contribution >= 4 is 12.2 Å². The van der Waals surface area contributed by atoms with Crippen LogP contribution in [0.2, 0.25) is 0 Å². The summed E-state index contributed by atoms with van der Waals surface area (Å²) in [5.74, 6) is 0.